The molecule has 6 nitrogen and oxygen atoms in total. The Labute approximate surface area is 149 Å². The molecule has 2 N–H and O–H groups in total. The van der Waals surface area contributed by atoms with Crippen molar-refractivity contribution in [1.82, 2.24) is 20.8 Å². The van der Waals surface area contributed by atoms with Crippen LogP contribution in [0.4, 0.5) is 4.79 Å². The summed E-state index contributed by atoms with van der Waals surface area (Å²) in [5, 5.41) is 10.2. The number of hydrogen-bond acceptors (Lipinski definition) is 4. The van der Waals surface area contributed by atoms with Crippen LogP contribution in [-0.2, 0) is 5.41 Å². The molecule has 138 valence electrons. The molecule has 1 heterocycles. The van der Waals surface area contributed by atoms with Gasteiger partial charge in [-0.3, -0.25) is 0 Å². The summed E-state index contributed by atoms with van der Waals surface area (Å²) in [7, 11) is 0. The SMILES string of the molecule is C[C@H](NC(=O)N[C@@H]1C[C@H]2C[C@H]1[C@@H]1CCC[C@@H]21)c1nc(C(C)(C)C)no1. The van der Waals surface area contributed by atoms with Crippen molar-refractivity contribution in [2.24, 2.45) is 23.7 Å². The van der Waals surface area contributed by atoms with Crippen molar-refractivity contribution in [1.29, 1.82) is 0 Å². The third kappa shape index (κ3) is 3.04. The van der Waals surface area contributed by atoms with Crippen molar-refractivity contribution >= 4 is 6.03 Å². The monoisotopic (exact) mass is 346 g/mol. The fraction of sp³-hybridized carbons (Fsp3) is 0.842. The fourth-order valence-electron chi connectivity index (χ4n) is 5.42. The van der Waals surface area contributed by atoms with Gasteiger partial charge in [-0.25, -0.2) is 4.79 Å². The maximum Gasteiger partial charge on any atom is 0.315 e. The first-order valence-corrected chi connectivity index (χ1v) is 9.74. The van der Waals surface area contributed by atoms with Crippen LogP contribution in [0.1, 0.15) is 77.6 Å². The Morgan fingerprint density at radius 2 is 1.96 bits per heavy atom. The van der Waals surface area contributed by atoms with Gasteiger partial charge in [0.15, 0.2) is 5.82 Å². The molecule has 3 aliphatic carbocycles. The van der Waals surface area contributed by atoms with Crippen LogP contribution >= 0.6 is 0 Å². The maximum absolute atomic E-state index is 12.4. The molecule has 6 atom stereocenters. The van der Waals surface area contributed by atoms with Gasteiger partial charge in [0.2, 0.25) is 5.89 Å². The Morgan fingerprint density at radius 3 is 2.68 bits per heavy atom. The molecular formula is C19H30N4O2. The highest BCUT2D eigenvalue weighted by Crippen LogP contribution is 2.58. The second-order valence-electron chi connectivity index (χ2n) is 9.31. The lowest BCUT2D eigenvalue weighted by molar-refractivity contribution is 0.195. The molecule has 0 spiro atoms. The number of nitrogens with one attached hydrogen (secondary N) is 2. The van der Waals surface area contributed by atoms with Gasteiger partial charge in [0.05, 0.1) is 0 Å². The highest BCUT2D eigenvalue weighted by atomic mass is 16.5. The van der Waals surface area contributed by atoms with E-state index in [-0.39, 0.29) is 17.5 Å². The zero-order valence-electron chi connectivity index (χ0n) is 15.7. The quantitative estimate of drug-likeness (QED) is 0.877. The van der Waals surface area contributed by atoms with Gasteiger partial charge in [-0.1, -0.05) is 32.3 Å². The van der Waals surface area contributed by atoms with Crippen LogP contribution in [-0.4, -0.2) is 22.2 Å². The molecule has 4 rings (SSSR count). The third-order valence-corrected chi connectivity index (χ3v) is 6.58. The second-order valence-corrected chi connectivity index (χ2v) is 9.31. The summed E-state index contributed by atoms with van der Waals surface area (Å²) >= 11 is 0. The van der Waals surface area contributed by atoms with Gasteiger partial charge in [-0.05, 0) is 56.3 Å². The van der Waals surface area contributed by atoms with Crippen LogP contribution in [0.2, 0.25) is 0 Å². The summed E-state index contributed by atoms with van der Waals surface area (Å²) in [6, 6.07) is -0.0686. The van der Waals surface area contributed by atoms with E-state index in [1.54, 1.807) is 0 Å². The average molecular weight is 346 g/mol. The maximum atomic E-state index is 12.4. The largest absolute Gasteiger partial charge is 0.337 e. The van der Waals surface area contributed by atoms with Gasteiger partial charge in [0, 0.05) is 11.5 Å². The summed E-state index contributed by atoms with van der Waals surface area (Å²) < 4.78 is 5.33. The van der Waals surface area contributed by atoms with Crippen LogP contribution in [0.3, 0.4) is 0 Å². The molecule has 2 bridgehead atoms. The predicted octanol–water partition coefficient (Wildman–Crippen LogP) is 3.55. The molecule has 0 aliphatic heterocycles. The van der Waals surface area contributed by atoms with Gasteiger partial charge in [-0.2, -0.15) is 4.98 Å². The third-order valence-electron chi connectivity index (χ3n) is 6.58. The van der Waals surface area contributed by atoms with E-state index in [2.05, 4.69) is 20.8 Å². The molecule has 6 heteroatoms. The standard InChI is InChI=1S/C19H30N4O2/c1-10(16-22-17(23-25-16)19(2,3)4)20-18(24)21-15-9-11-8-14(15)13-7-5-6-12(11)13/h10-15H,5-9H2,1-4H3,(H2,20,21,24)/t10-,11+,12-,13+,14-,15+/m0/s1. The van der Waals surface area contributed by atoms with Crippen LogP contribution in [0.15, 0.2) is 4.52 Å². The minimum Gasteiger partial charge on any atom is -0.337 e. The Kier molecular flexibility index (Phi) is 4.04. The summed E-state index contributed by atoms with van der Waals surface area (Å²) in [5.41, 5.74) is -0.162. The van der Waals surface area contributed by atoms with Gasteiger partial charge in [0.1, 0.15) is 6.04 Å². The number of hydrogen-bond donors (Lipinski definition) is 2. The minimum atomic E-state index is -0.290. The summed E-state index contributed by atoms with van der Waals surface area (Å²) in [6.07, 6.45) is 6.62. The van der Waals surface area contributed by atoms with Crippen molar-refractivity contribution in [3.63, 3.8) is 0 Å². The van der Waals surface area contributed by atoms with Crippen LogP contribution < -0.4 is 10.6 Å². The van der Waals surface area contributed by atoms with Crippen molar-refractivity contribution in [3.8, 4) is 0 Å². The first-order chi connectivity index (χ1) is 11.8. The lowest BCUT2D eigenvalue weighted by Gasteiger charge is -2.32. The lowest BCUT2D eigenvalue weighted by atomic mass is 9.79. The molecule has 0 saturated heterocycles. The first kappa shape index (κ1) is 16.9. The smallest absolute Gasteiger partial charge is 0.315 e. The van der Waals surface area contributed by atoms with Crippen molar-refractivity contribution < 1.29 is 9.32 Å². The van der Waals surface area contributed by atoms with Crippen LogP contribution in [0, 0.1) is 23.7 Å². The molecule has 3 saturated carbocycles. The number of fused-ring (bicyclic) bond motifs is 5. The molecule has 0 unspecified atom stereocenters. The van der Waals surface area contributed by atoms with Crippen LogP contribution in [0.5, 0.6) is 0 Å². The van der Waals surface area contributed by atoms with Gasteiger partial charge < -0.3 is 15.2 Å². The Bertz CT molecular complexity index is 650. The summed E-state index contributed by atoms with van der Waals surface area (Å²) in [5.74, 6) is 4.45. The number of rotatable bonds is 3. The van der Waals surface area contributed by atoms with Crippen molar-refractivity contribution in [2.45, 2.75) is 77.3 Å². The molecule has 2 amide bonds. The van der Waals surface area contributed by atoms with E-state index in [0.717, 1.165) is 24.2 Å². The zero-order chi connectivity index (χ0) is 17.8. The number of carbonyl (C=O) groups excluding carboxylic acids is 1. The normalized spacial score (nSPS) is 34.8. The van der Waals surface area contributed by atoms with E-state index in [1.807, 2.05) is 27.7 Å². The average Bonchev–Trinajstić information content (AvgIpc) is 3.27. The summed E-state index contributed by atoms with van der Waals surface area (Å²) in [6.45, 7) is 8.00. The molecule has 1 aromatic rings. The molecule has 3 aliphatic rings. The van der Waals surface area contributed by atoms with E-state index >= 15 is 0 Å². The molecule has 0 radical (unpaired) electrons. The van der Waals surface area contributed by atoms with Crippen molar-refractivity contribution in [2.75, 3.05) is 0 Å². The fourth-order valence-corrected chi connectivity index (χ4v) is 5.42. The van der Waals surface area contributed by atoms with Crippen molar-refractivity contribution in [3.05, 3.63) is 11.7 Å². The minimum absolute atomic E-state index is 0.116. The van der Waals surface area contributed by atoms with Gasteiger partial charge in [-0.15, -0.1) is 0 Å². The highest BCUT2D eigenvalue weighted by Gasteiger charge is 2.54. The lowest BCUT2D eigenvalue weighted by Crippen LogP contribution is -2.47. The zero-order valence-corrected chi connectivity index (χ0v) is 15.7. The first-order valence-electron chi connectivity index (χ1n) is 9.74. The van der Waals surface area contributed by atoms with Gasteiger partial charge in [0.25, 0.3) is 0 Å². The molecule has 0 aromatic carbocycles. The van der Waals surface area contributed by atoms with E-state index in [9.17, 15) is 4.79 Å². The Hall–Kier alpha value is -1.59. The van der Waals surface area contributed by atoms with E-state index in [0.29, 0.717) is 23.7 Å². The topological polar surface area (TPSA) is 80.0 Å². The number of amides is 2. The van der Waals surface area contributed by atoms with Gasteiger partial charge >= 0.3 is 6.03 Å². The molecular weight excluding hydrogens is 316 g/mol. The summed E-state index contributed by atoms with van der Waals surface area (Å²) in [4.78, 5) is 16.9. The second kappa shape index (κ2) is 5.99. The van der Waals surface area contributed by atoms with Crippen LogP contribution in [0.25, 0.3) is 0 Å². The Balaban J connectivity index is 1.33. The van der Waals surface area contributed by atoms with E-state index < -0.39 is 0 Å². The number of carbonyl (C=O) groups is 1. The molecule has 3 fully saturated rings. The molecule has 1 aromatic heterocycles. The number of urea groups is 1. The predicted molar refractivity (Wildman–Crippen MR) is 93.9 cm³/mol. The molecule has 25 heavy (non-hydrogen) atoms. The van der Waals surface area contributed by atoms with E-state index in [4.69, 9.17) is 4.52 Å². The Morgan fingerprint density at radius 1 is 1.20 bits per heavy atom. The number of aromatic nitrogens is 2. The highest BCUT2D eigenvalue weighted by molar-refractivity contribution is 5.74. The number of nitrogens with zero attached hydrogens (tertiary/aromatic N) is 2. The van der Waals surface area contributed by atoms with E-state index in [1.165, 1.54) is 25.7 Å².